The summed E-state index contributed by atoms with van der Waals surface area (Å²) >= 11 is 0. The molecule has 1 unspecified atom stereocenters. The van der Waals surface area contributed by atoms with E-state index in [0.29, 0.717) is 31.0 Å². The fourth-order valence-corrected chi connectivity index (χ4v) is 5.12. The van der Waals surface area contributed by atoms with E-state index in [9.17, 15) is 8.42 Å². The molecule has 0 radical (unpaired) electrons. The Hall–Kier alpha value is -2.56. The van der Waals surface area contributed by atoms with Crippen molar-refractivity contribution in [2.75, 3.05) is 25.4 Å². The molecule has 3 aromatic rings. The maximum absolute atomic E-state index is 13.3. The molecular formula is C19H24N6O3S. The number of nitrogen functional groups attached to an aromatic ring is 1. The molecule has 1 fully saturated rings. The Morgan fingerprint density at radius 1 is 1.34 bits per heavy atom. The van der Waals surface area contributed by atoms with E-state index >= 15 is 0 Å². The van der Waals surface area contributed by atoms with Crippen LogP contribution in [0.2, 0.25) is 0 Å². The topological polar surface area (TPSA) is 116 Å². The number of hydrogen-bond acceptors (Lipinski definition) is 7. The summed E-state index contributed by atoms with van der Waals surface area (Å²) in [6, 6.07) is 5.11. The molecule has 2 aromatic heterocycles. The zero-order valence-corrected chi connectivity index (χ0v) is 17.3. The molecule has 4 rings (SSSR count). The fourth-order valence-electron chi connectivity index (χ4n) is 3.62. The molecule has 3 heterocycles. The number of hydrogen-bond donors (Lipinski definition) is 1. The molecule has 154 valence electrons. The summed E-state index contributed by atoms with van der Waals surface area (Å²) in [5.41, 5.74) is 8.60. The van der Waals surface area contributed by atoms with Crippen molar-refractivity contribution in [2.24, 2.45) is 0 Å². The maximum atomic E-state index is 13.3. The number of aromatic nitrogens is 4. The number of nitrogens with zero attached hydrogens (tertiary/aromatic N) is 5. The summed E-state index contributed by atoms with van der Waals surface area (Å²) in [5.74, 6) is 0.265. The van der Waals surface area contributed by atoms with Crippen LogP contribution in [0.15, 0.2) is 35.6 Å². The molecule has 29 heavy (non-hydrogen) atoms. The van der Waals surface area contributed by atoms with Crippen LogP contribution in [0, 0.1) is 6.92 Å². The third-order valence-corrected chi connectivity index (χ3v) is 7.17. The van der Waals surface area contributed by atoms with E-state index in [1.165, 1.54) is 10.6 Å². The standard InChI is InChI=1S/C19H24N6O3S/c1-3-24(11-14-5-4-8-28-14)29(26,27)15-7-6-13(2)16(9-15)17-10-21-19-18(20)22-12-23-25(17)19/h6-7,9-10,12,14H,3-5,8,11H2,1-2H3,(H2,20,22,23). The molecule has 1 aliphatic heterocycles. The zero-order chi connectivity index (χ0) is 20.6. The van der Waals surface area contributed by atoms with Gasteiger partial charge in [-0.15, -0.1) is 0 Å². The van der Waals surface area contributed by atoms with Crippen LogP contribution in [-0.4, -0.2) is 58.1 Å². The van der Waals surface area contributed by atoms with Gasteiger partial charge in [0, 0.05) is 25.3 Å². The van der Waals surface area contributed by atoms with Gasteiger partial charge in [-0.2, -0.15) is 9.40 Å². The van der Waals surface area contributed by atoms with E-state index < -0.39 is 10.0 Å². The Bertz CT molecular complexity index is 1140. The summed E-state index contributed by atoms with van der Waals surface area (Å²) < 4.78 is 35.3. The molecule has 0 bridgehead atoms. The Morgan fingerprint density at radius 3 is 2.90 bits per heavy atom. The first-order valence-corrected chi connectivity index (χ1v) is 11.0. The molecular weight excluding hydrogens is 392 g/mol. The largest absolute Gasteiger partial charge is 0.381 e. The van der Waals surface area contributed by atoms with Gasteiger partial charge in [0.2, 0.25) is 10.0 Å². The van der Waals surface area contributed by atoms with Crippen molar-refractivity contribution in [2.45, 2.75) is 37.7 Å². The van der Waals surface area contributed by atoms with Crippen LogP contribution in [0.25, 0.3) is 16.9 Å². The number of aryl methyl sites for hydroxylation is 1. The number of imidazole rings is 1. The number of likely N-dealkylation sites (N-methyl/N-ethyl adjacent to an activating group) is 1. The summed E-state index contributed by atoms with van der Waals surface area (Å²) in [5, 5.41) is 4.22. The molecule has 0 aliphatic carbocycles. The highest BCUT2D eigenvalue weighted by Crippen LogP contribution is 2.29. The van der Waals surface area contributed by atoms with E-state index in [1.807, 2.05) is 13.8 Å². The second-order valence-electron chi connectivity index (χ2n) is 7.09. The van der Waals surface area contributed by atoms with Gasteiger partial charge in [-0.3, -0.25) is 0 Å². The molecule has 10 heteroatoms. The van der Waals surface area contributed by atoms with Crippen LogP contribution < -0.4 is 5.73 Å². The van der Waals surface area contributed by atoms with Crippen molar-refractivity contribution >= 4 is 21.5 Å². The normalized spacial score (nSPS) is 17.4. The van der Waals surface area contributed by atoms with Crippen LogP contribution in [0.3, 0.4) is 0 Å². The molecule has 9 nitrogen and oxygen atoms in total. The number of rotatable bonds is 6. The molecule has 1 atom stereocenters. The minimum absolute atomic E-state index is 0.0481. The third kappa shape index (κ3) is 3.59. The smallest absolute Gasteiger partial charge is 0.243 e. The van der Waals surface area contributed by atoms with Crippen molar-refractivity contribution in [1.82, 2.24) is 23.9 Å². The van der Waals surface area contributed by atoms with Crippen molar-refractivity contribution < 1.29 is 13.2 Å². The van der Waals surface area contributed by atoms with Gasteiger partial charge < -0.3 is 10.5 Å². The number of nitrogens with two attached hydrogens (primary N) is 1. The second-order valence-corrected chi connectivity index (χ2v) is 9.03. The van der Waals surface area contributed by atoms with Crippen molar-refractivity contribution in [3.05, 3.63) is 36.3 Å². The highest BCUT2D eigenvalue weighted by Gasteiger charge is 2.28. The van der Waals surface area contributed by atoms with Crippen LogP contribution in [0.1, 0.15) is 25.3 Å². The van der Waals surface area contributed by atoms with Crippen molar-refractivity contribution in [3.63, 3.8) is 0 Å². The van der Waals surface area contributed by atoms with E-state index in [4.69, 9.17) is 10.5 Å². The fraction of sp³-hybridized carbons (Fsp3) is 0.421. The molecule has 0 amide bonds. The molecule has 1 aliphatic rings. The minimum Gasteiger partial charge on any atom is -0.381 e. The first-order chi connectivity index (χ1) is 13.9. The average Bonchev–Trinajstić information content (AvgIpc) is 3.36. The number of benzene rings is 1. The predicted molar refractivity (Wildman–Crippen MR) is 109 cm³/mol. The highest BCUT2D eigenvalue weighted by molar-refractivity contribution is 7.89. The predicted octanol–water partition coefficient (Wildman–Crippen LogP) is 1.87. The van der Waals surface area contributed by atoms with Crippen LogP contribution in [-0.2, 0) is 14.8 Å². The lowest BCUT2D eigenvalue weighted by atomic mass is 10.1. The van der Waals surface area contributed by atoms with E-state index in [1.54, 1.807) is 28.9 Å². The molecule has 1 aromatic carbocycles. The van der Waals surface area contributed by atoms with Gasteiger partial charge >= 0.3 is 0 Å². The van der Waals surface area contributed by atoms with Gasteiger partial charge in [-0.05, 0) is 37.5 Å². The van der Waals surface area contributed by atoms with Gasteiger partial charge in [0.15, 0.2) is 11.5 Å². The van der Waals surface area contributed by atoms with E-state index in [2.05, 4.69) is 15.1 Å². The molecule has 0 spiro atoms. The lowest BCUT2D eigenvalue weighted by Crippen LogP contribution is -2.37. The minimum atomic E-state index is -3.66. The number of fused-ring (bicyclic) bond motifs is 1. The summed E-state index contributed by atoms with van der Waals surface area (Å²) in [7, 11) is -3.66. The lowest BCUT2D eigenvalue weighted by Gasteiger charge is -2.24. The summed E-state index contributed by atoms with van der Waals surface area (Å²) in [6.45, 7) is 5.19. The lowest BCUT2D eigenvalue weighted by molar-refractivity contribution is 0.0947. The van der Waals surface area contributed by atoms with Crippen molar-refractivity contribution in [1.29, 1.82) is 0 Å². The first kappa shape index (κ1) is 19.7. The van der Waals surface area contributed by atoms with Gasteiger partial charge in [-0.1, -0.05) is 13.0 Å². The third-order valence-electron chi connectivity index (χ3n) is 5.24. The summed E-state index contributed by atoms with van der Waals surface area (Å²) in [4.78, 5) is 8.46. The van der Waals surface area contributed by atoms with E-state index in [0.717, 1.165) is 24.0 Å². The monoisotopic (exact) mass is 416 g/mol. The van der Waals surface area contributed by atoms with Gasteiger partial charge in [0.25, 0.3) is 0 Å². The van der Waals surface area contributed by atoms with Gasteiger partial charge in [0.05, 0.1) is 22.9 Å². The van der Waals surface area contributed by atoms with Crippen LogP contribution in [0.4, 0.5) is 5.82 Å². The van der Waals surface area contributed by atoms with Gasteiger partial charge in [-0.25, -0.2) is 22.9 Å². The van der Waals surface area contributed by atoms with Gasteiger partial charge in [0.1, 0.15) is 6.33 Å². The highest BCUT2D eigenvalue weighted by atomic mass is 32.2. The zero-order valence-electron chi connectivity index (χ0n) is 16.4. The van der Waals surface area contributed by atoms with Crippen LogP contribution >= 0.6 is 0 Å². The number of sulfonamides is 1. The Balaban J connectivity index is 1.74. The van der Waals surface area contributed by atoms with Crippen LogP contribution in [0.5, 0.6) is 0 Å². The van der Waals surface area contributed by atoms with E-state index in [-0.39, 0.29) is 16.8 Å². The Kier molecular flexibility index (Phi) is 5.24. The number of ether oxygens (including phenoxy) is 1. The summed E-state index contributed by atoms with van der Waals surface area (Å²) in [6.07, 6.45) is 4.78. The SMILES string of the molecule is CCN(CC1CCCO1)S(=O)(=O)c1ccc(C)c(-c2cnc3c(N)ncnn23)c1. The molecule has 1 saturated heterocycles. The first-order valence-electron chi connectivity index (χ1n) is 9.58. The quantitative estimate of drug-likeness (QED) is 0.652. The maximum Gasteiger partial charge on any atom is 0.243 e. The average molecular weight is 417 g/mol. The molecule has 2 N–H and O–H groups in total. The number of anilines is 1. The van der Waals surface area contributed by atoms with Crippen molar-refractivity contribution in [3.8, 4) is 11.3 Å². The second kappa shape index (κ2) is 7.69. The Labute approximate surface area is 169 Å². The Morgan fingerprint density at radius 2 is 2.17 bits per heavy atom. The molecule has 0 saturated carbocycles.